The zero-order valence-electron chi connectivity index (χ0n) is 19.3. The zero-order chi connectivity index (χ0) is 24.9. The van der Waals surface area contributed by atoms with Crippen LogP contribution in [0.5, 0.6) is 0 Å². The Morgan fingerprint density at radius 2 is 1.74 bits per heavy atom. The standard InChI is InChI=1S/C25H25ClN4O4S/c1-29-11-13-30(14-12-29)20-8-5-17(24(32)33-2)15-19(20)27-25(35)28-23(31)22-10-9-21(34-22)16-3-6-18(26)7-4-16/h3-10,15H,11-14H2,1-2H3,(H2,27,28,31,35). The Labute approximate surface area is 213 Å². The molecular formula is C25H25ClN4O4S. The van der Waals surface area contributed by atoms with Gasteiger partial charge in [-0.15, -0.1) is 0 Å². The summed E-state index contributed by atoms with van der Waals surface area (Å²) in [6, 6.07) is 15.6. The minimum atomic E-state index is -0.493. The van der Waals surface area contributed by atoms with Crippen molar-refractivity contribution in [1.29, 1.82) is 0 Å². The molecule has 35 heavy (non-hydrogen) atoms. The first-order valence-electron chi connectivity index (χ1n) is 11.0. The minimum absolute atomic E-state index is 0.0804. The maximum atomic E-state index is 12.7. The van der Waals surface area contributed by atoms with Crippen molar-refractivity contribution in [3.05, 3.63) is 70.9 Å². The Bertz CT molecular complexity index is 1240. The van der Waals surface area contributed by atoms with Crippen LogP contribution in [0.3, 0.4) is 0 Å². The molecule has 1 aliphatic heterocycles. The van der Waals surface area contributed by atoms with E-state index in [0.717, 1.165) is 37.4 Å². The topological polar surface area (TPSA) is 87.0 Å². The summed E-state index contributed by atoms with van der Waals surface area (Å²) in [4.78, 5) is 29.3. The van der Waals surface area contributed by atoms with Crippen molar-refractivity contribution in [3.8, 4) is 11.3 Å². The molecule has 3 aromatic rings. The van der Waals surface area contributed by atoms with Gasteiger partial charge in [-0.1, -0.05) is 11.6 Å². The van der Waals surface area contributed by atoms with Gasteiger partial charge in [0.05, 0.1) is 24.0 Å². The Balaban J connectivity index is 1.49. The number of methoxy groups -OCH3 is 1. The van der Waals surface area contributed by atoms with Crippen molar-refractivity contribution in [2.45, 2.75) is 0 Å². The highest BCUT2D eigenvalue weighted by molar-refractivity contribution is 7.80. The Morgan fingerprint density at radius 1 is 1.03 bits per heavy atom. The second kappa shape index (κ2) is 10.9. The summed E-state index contributed by atoms with van der Waals surface area (Å²) in [6.45, 7) is 3.46. The number of halogens is 1. The SMILES string of the molecule is COC(=O)c1ccc(N2CCN(C)CC2)c(NC(=S)NC(=O)c2ccc(-c3ccc(Cl)cc3)o2)c1. The Morgan fingerprint density at radius 3 is 2.43 bits per heavy atom. The van der Waals surface area contributed by atoms with Gasteiger partial charge in [-0.05, 0) is 73.9 Å². The first-order chi connectivity index (χ1) is 16.8. The van der Waals surface area contributed by atoms with E-state index >= 15 is 0 Å². The van der Waals surface area contributed by atoms with E-state index in [0.29, 0.717) is 22.0 Å². The monoisotopic (exact) mass is 512 g/mol. The molecule has 8 nitrogen and oxygen atoms in total. The van der Waals surface area contributed by atoms with Crippen LogP contribution in [-0.2, 0) is 4.74 Å². The number of nitrogens with one attached hydrogen (secondary N) is 2. The van der Waals surface area contributed by atoms with Gasteiger partial charge in [-0.2, -0.15) is 0 Å². The van der Waals surface area contributed by atoms with Crippen LogP contribution in [0, 0.1) is 0 Å². The van der Waals surface area contributed by atoms with Crippen LogP contribution in [0.25, 0.3) is 11.3 Å². The molecule has 1 aromatic heterocycles. The van der Waals surface area contributed by atoms with E-state index in [1.807, 2.05) is 18.2 Å². The number of hydrogen-bond acceptors (Lipinski definition) is 7. The van der Waals surface area contributed by atoms with Crippen molar-refractivity contribution in [2.24, 2.45) is 0 Å². The molecule has 0 aliphatic carbocycles. The van der Waals surface area contributed by atoms with E-state index in [1.165, 1.54) is 7.11 Å². The summed E-state index contributed by atoms with van der Waals surface area (Å²) in [7, 11) is 3.41. The fourth-order valence-electron chi connectivity index (χ4n) is 3.75. The summed E-state index contributed by atoms with van der Waals surface area (Å²) in [5, 5.41) is 6.40. The number of carbonyl (C=O) groups excluding carboxylic acids is 2. The van der Waals surface area contributed by atoms with Crippen molar-refractivity contribution in [1.82, 2.24) is 10.2 Å². The van der Waals surface area contributed by atoms with Crippen LogP contribution in [0.4, 0.5) is 11.4 Å². The molecule has 182 valence electrons. The maximum absolute atomic E-state index is 12.7. The molecule has 0 bridgehead atoms. The lowest BCUT2D eigenvalue weighted by molar-refractivity contribution is 0.0600. The predicted octanol–water partition coefficient (Wildman–Crippen LogP) is 4.27. The number of amides is 1. The molecular weight excluding hydrogens is 488 g/mol. The number of piperazine rings is 1. The third kappa shape index (κ3) is 6.00. The molecule has 0 atom stereocenters. The first kappa shape index (κ1) is 24.7. The smallest absolute Gasteiger partial charge is 0.337 e. The summed E-state index contributed by atoms with van der Waals surface area (Å²) >= 11 is 11.3. The van der Waals surface area contributed by atoms with E-state index < -0.39 is 11.9 Å². The lowest BCUT2D eigenvalue weighted by Crippen LogP contribution is -2.45. The summed E-state index contributed by atoms with van der Waals surface area (Å²) in [5.41, 5.74) is 2.65. The quantitative estimate of drug-likeness (QED) is 0.387. The van der Waals surface area contributed by atoms with Crippen LogP contribution in [0.2, 0.25) is 5.02 Å². The molecule has 0 radical (unpaired) electrons. The number of hydrogen-bond donors (Lipinski definition) is 2. The molecule has 0 unspecified atom stereocenters. The summed E-state index contributed by atoms with van der Waals surface area (Å²) < 4.78 is 10.6. The van der Waals surface area contributed by atoms with Gasteiger partial charge in [-0.3, -0.25) is 10.1 Å². The lowest BCUT2D eigenvalue weighted by Gasteiger charge is -2.35. The van der Waals surface area contributed by atoms with Gasteiger partial charge in [0.1, 0.15) is 5.76 Å². The van der Waals surface area contributed by atoms with Crippen molar-refractivity contribution < 1.29 is 18.7 Å². The number of furan rings is 1. The fourth-order valence-corrected chi connectivity index (χ4v) is 4.08. The van der Waals surface area contributed by atoms with Crippen LogP contribution in [0.1, 0.15) is 20.9 Å². The average molecular weight is 513 g/mol. The van der Waals surface area contributed by atoms with E-state index in [-0.39, 0.29) is 10.9 Å². The average Bonchev–Trinajstić information content (AvgIpc) is 3.35. The molecule has 10 heteroatoms. The minimum Gasteiger partial charge on any atom is -0.465 e. The molecule has 2 N–H and O–H groups in total. The van der Waals surface area contributed by atoms with Gasteiger partial charge in [0, 0.05) is 36.8 Å². The molecule has 1 aliphatic rings. The predicted molar refractivity (Wildman–Crippen MR) is 140 cm³/mol. The van der Waals surface area contributed by atoms with Crippen LogP contribution in [0.15, 0.2) is 59.0 Å². The first-order valence-corrected chi connectivity index (χ1v) is 11.8. The van der Waals surface area contributed by atoms with Crippen molar-refractivity contribution in [2.75, 3.05) is 50.6 Å². The number of likely N-dealkylation sites (N-methyl/N-ethyl adjacent to an activating group) is 1. The molecule has 0 saturated carbocycles. The number of nitrogens with zero attached hydrogens (tertiary/aromatic N) is 2. The van der Waals surface area contributed by atoms with Crippen molar-refractivity contribution >= 4 is 52.2 Å². The van der Waals surface area contributed by atoms with Gasteiger partial charge in [0.2, 0.25) is 0 Å². The van der Waals surface area contributed by atoms with Crippen LogP contribution in [-0.4, -0.2) is 62.2 Å². The second-order valence-corrected chi connectivity index (χ2v) is 8.94. The number of anilines is 2. The van der Waals surface area contributed by atoms with Crippen LogP contribution >= 0.6 is 23.8 Å². The van der Waals surface area contributed by atoms with Gasteiger partial charge in [0.25, 0.3) is 5.91 Å². The number of rotatable bonds is 5. The third-order valence-electron chi connectivity index (χ3n) is 5.70. The zero-order valence-corrected chi connectivity index (χ0v) is 20.9. The van der Waals surface area contributed by atoms with E-state index in [4.69, 9.17) is 33.0 Å². The molecule has 4 rings (SSSR count). The molecule has 1 saturated heterocycles. The molecule has 1 fully saturated rings. The van der Waals surface area contributed by atoms with Gasteiger partial charge >= 0.3 is 5.97 Å². The lowest BCUT2D eigenvalue weighted by atomic mass is 10.1. The van der Waals surface area contributed by atoms with Gasteiger partial charge in [0.15, 0.2) is 10.9 Å². The van der Waals surface area contributed by atoms with Crippen LogP contribution < -0.4 is 15.5 Å². The molecule has 0 spiro atoms. The highest BCUT2D eigenvalue weighted by Crippen LogP contribution is 2.29. The fraction of sp³-hybridized carbons (Fsp3) is 0.240. The molecule has 2 heterocycles. The number of thiocarbonyl (C=S) groups is 1. The second-order valence-electron chi connectivity index (χ2n) is 8.09. The van der Waals surface area contributed by atoms with Gasteiger partial charge in [-0.25, -0.2) is 4.79 Å². The van der Waals surface area contributed by atoms with E-state index in [1.54, 1.807) is 36.4 Å². The Hall–Kier alpha value is -3.40. The highest BCUT2D eigenvalue weighted by atomic mass is 35.5. The number of benzene rings is 2. The summed E-state index contributed by atoms with van der Waals surface area (Å²) in [5.74, 6) is -0.304. The van der Waals surface area contributed by atoms with E-state index in [9.17, 15) is 9.59 Å². The van der Waals surface area contributed by atoms with Crippen molar-refractivity contribution in [3.63, 3.8) is 0 Å². The third-order valence-corrected chi connectivity index (χ3v) is 6.15. The number of esters is 1. The van der Waals surface area contributed by atoms with E-state index in [2.05, 4.69) is 27.5 Å². The van der Waals surface area contributed by atoms with Gasteiger partial charge < -0.3 is 24.3 Å². The number of carbonyl (C=O) groups is 2. The molecule has 2 aromatic carbocycles. The largest absolute Gasteiger partial charge is 0.465 e. The highest BCUT2D eigenvalue weighted by Gasteiger charge is 2.20. The summed E-state index contributed by atoms with van der Waals surface area (Å²) in [6.07, 6.45) is 0. The normalized spacial score (nSPS) is 13.9. The molecule has 1 amide bonds. The Kier molecular flexibility index (Phi) is 7.70. The maximum Gasteiger partial charge on any atom is 0.337 e. The number of ether oxygens (including phenoxy) is 1.